The number of rotatable bonds is 6. The number of ketones is 1. The maximum atomic E-state index is 13.1. The third kappa shape index (κ3) is 4.62. The van der Waals surface area contributed by atoms with E-state index in [9.17, 15) is 4.79 Å². The summed E-state index contributed by atoms with van der Waals surface area (Å²) < 4.78 is 0. The molecule has 3 aromatic rings. The average molecular weight is 399 g/mol. The van der Waals surface area contributed by atoms with Gasteiger partial charge < -0.3 is 4.90 Å². The summed E-state index contributed by atoms with van der Waals surface area (Å²) in [6.45, 7) is 6.33. The van der Waals surface area contributed by atoms with E-state index in [1.54, 1.807) is 6.20 Å². The van der Waals surface area contributed by atoms with Crippen molar-refractivity contribution in [3.8, 4) is 0 Å². The van der Waals surface area contributed by atoms with Gasteiger partial charge in [0.2, 0.25) is 0 Å². The summed E-state index contributed by atoms with van der Waals surface area (Å²) in [7, 11) is 0. The van der Waals surface area contributed by atoms with Crippen LogP contribution >= 0.6 is 0 Å². The van der Waals surface area contributed by atoms with E-state index in [0.29, 0.717) is 6.42 Å². The van der Waals surface area contributed by atoms with Crippen molar-refractivity contribution in [3.63, 3.8) is 0 Å². The number of hydrogen-bond donors (Lipinski definition) is 0. The van der Waals surface area contributed by atoms with Crippen molar-refractivity contribution < 1.29 is 4.79 Å². The molecular formula is C27H30N2O. The van der Waals surface area contributed by atoms with Crippen LogP contribution in [0.4, 0.5) is 5.69 Å². The maximum absolute atomic E-state index is 13.1. The van der Waals surface area contributed by atoms with Crippen LogP contribution in [0.5, 0.6) is 0 Å². The van der Waals surface area contributed by atoms with Gasteiger partial charge in [0.05, 0.1) is 0 Å². The van der Waals surface area contributed by atoms with Crippen LogP contribution in [0.3, 0.4) is 0 Å². The zero-order chi connectivity index (χ0) is 20.9. The van der Waals surface area contributed by atoms with E-state index in [4.69, 9.17) is 0 Å². The molecule has 0 amide bonds. The Hall–Kier alpha value is -2.94. The number of piperidine rings is 1. The molecule has 0 saturated carbocycles. The van der Waals surface area contributed by atoms with Crippen LogP contribution in [-0.2, 0) is 0 Å². The molecular weight excluding hydrogens is 368 g/mol. The molecule has 0 unspecified atom stereocenters. The molecule has 1 fully saturated rings. The molecule has 30 heavy (non-hydrogen) atoms. The van der Waals surface area contributed by atoms with Crippen molar-refractivity contribution in [2.75, 3.05) is 18.0 Å². The van der Waals surface area contributed by atoms with Gasteiger partial charge in [-0.2, -0.15) is 0 Å². The van der Waals surface area contributed by atoms with Crippen LogP contribution in [-0.4, -0.2) is 23.9 Å². The fraction of sp³-hybridized carbons (Fsp3) is 0.333. The first-order chi connectivity index (χ1) is 14.6. The molecule has 0 N–H and O–H groups in total. The molecule has 3 nitrogen and oxygen atoms in total. The second kappa shape index (κ2) is 9.25. The molecule has 154 valence electrons. The molecule has 0 spiro atoms. The Kier molecular flexibility index (Phi) is 6.27. The summed E-state index contributed by atoms with van der Waals surface area (Å²) in [6.07, 6.45) is 6.05. The highest BCUT2D eigenvalue weighted by atomic mass is 16.1. The topological polar surface area (TPSA) is 33.2 Å². The Morgan fingerprint density at radius 3 is 2.40 bits per heavy atom. The zero-order valence-corrected chi connectivity index (χ0v) is 18.0. The molecule has 2 aromatic carbocycles. The Balaban J connectivity index is 1.63. The lowest BCUT2D eigenvalue weighted by molar-refractivity contribution is 0.0977. The number of nitrogens with zero attached hydrogens (tertiary/aromatic N) is 2. The number of carbonyl (C=O) groups is 1. The van der Waals surface area contributed by atoms with Gasteiger partial charge in [0, 0.05) is 48.6 Å². The van der Waals surface area contributed by atoms with E-state index < -0.39 is 0 Å². The van der Waals surface area contributed by atoms with Crippen molar-refractivity contribution in [1.82, 2.24) is 4.98 Å². The lowest BCUT2D eigenvalue weighted by atomic mass is 9.83. The minimum Gasteiger partial charge on any atom is -0.372 e. The highest BCUT2D eigenvalue weighted by molar-refractivity contribution is 5.96. The van der Waals surface area contributed by atoms with Gasteiger partial charge in [-0.3, -0.25) is 9.78 Å². The molecule has 3 heteroatoms. The van der Waals surface area contributed by atoms with Crippen LogP contribution in [0, 0.1) is 13.8 Å². The smallest absolute Gasteiger partial charge is 0.163 e. The Morgan fingerprint density at radius 1 is 0.967 bits per heavy atom. The van der Waals surface area contributed by atoms with Gasteiger partial charge >= 0.3 is 0 Å². The maximum Gasteiger partial charge on any atom is 0.163 e. The summed E-state index contributed by atoms with van der Waals surface area (Å²) in [5, 5.41) is 0. The van der Waals surface area contributed by atoms with Gasteiger partial charge in [0.25, 0.3) is 0 Å². The van der Waals surface area contributed by atoms with Crippen molar-refractivity contribution in [1.29, 1.82) is 0 Å². The fourth-order valence-electron chi connectivity index (χ4n) is 4.48. The van der Waals surface area contributed by atoms with Gasteiger partial charge in [-0.1, -0.05) is 36.4 Å². The van der Waals surface area contributed by atoms with E-state index in [2.05, 4.69) is 65.3 Å². The summed E-state index contributed by atoms with van der Waals surface area (Å²) in [6, 6.07) is 21.0. The largest absolute Gasteiger partial charge is 0.372 e. The van der Waals surface area contributed by atoms with Crippen LogP contribution < -0.4 is 4.90 Å². The Bertz CT molecular complexity index is 1000. The number of benzene rings is 2. The normalized spacial score (nSPS) is 15.1. The highest BCUT2D eigenvalue weighted by Gasteiger charge is 2.21. The molecule has 1 atom stereocenters. The SMILES string of the molecule is Cc1cc(C(=O)C[C@H](c2ccc(N3CCCCC3)cc2)c2ccccc2C)ccn1. The molecule has 1 aliphatic rings. The molecule has 1 aliphatic heterocycles. The Labute approximate surface area is 179 Å². The van der Waals surface area contributed by atoms with Crippen molar-refractivity contribution >= 4 is 11.5 Å². The molecule has 1 aromatic heterocycles. The number of pyridine rings is 1. The summed E-state index contributed by atoms with van der Waals surface area (Å²) in [4.78, 5) is 19.8. The van der Waals surface area contributed by atoms with Crippen LogP contribution in [0.25, 0.3) is 0 Å². The molecule has 0 radical (unpaired) electrons. The molecule has 4 rings (SSSR count). The molecule has 0 bridgehead atoms. The van der Waals surface area contributed by atoms with Gasteiger partial charge in [0.15, 0.2) is 5.78 Å². The summed E-state index contributed by atoms with van der Waals surface area (Å²) in [5.74, 6) is 0.205. The van der Waals surface area contributed by atoms with E-state index in [1.807, 2.05) is 19.1 Å². The number of anilines is 1. The Morgan fingerprint density at radius 2 is 1.70 bits per heavy atom. The van der Waals surface area contributed by atoms with E-state index in [1.165, 1.54) is 41.6 Å². The monoisotopic (exact) mass is 398 g/mol. The van der Waals surface area contributed by atoms with Gasteiger partial charge in [-0.25, -0.2) is 0 Å². The summed E-state index contributed by atoms with van der Waals surface area (Å²) in [5.41, 5.74) is 6.55. The number of hydrogen-bond acceptors (Lipinski definition) is 3. The number of aromatic nitrogens is 1. The first kappa shape index (κ1) is 20.3. The van der Waals surface area contributed by atoms with Gasteiger partial charge in [-0.15, -0.1) is 0 Å². The van der Waals surface area contributed by atoms with Crippen molar-refractivity contribution in [2.45, 2.75) is 45.4 Å². The van der Waals surface area contributed by atoms with Crippen LogP contribution in [0.1, 0.15) is 64.3 Å². The summed E-state index contributed by atoms with van der Waals surface area (Å²) >= 11 is 0. The predicted octanol–water partition coefficient (Wildman–Crippen LogP) is 6.09. The zero-order valence-electron chi connectivity index (χ0n) is 18.0. The van der Waals surface area contributed by atoms with E-state index in [-0.39, 0.29) is 11.7 Å². The molecule has 0 aliphatic carbocycles. The standard InChI is InChI=1S/C27H30N2O/c1-20-8-4-5-9-25(20)26(19-27(30)23-14-15-28-21(2)18-23)22-10-12-24(13-11-22)29-16-6-3-7-17-29/h4-5,8-15,18,26H,3,6-7,16-17,19H2,1-2H3/t26-/m1/s1. The predicted molar refractivity (Wildman–Crippen MR) is 123 cm³/mol. The quantitative estimate of drug-likeness (QED) is 0.471. The van der Waals surface area contributed by atoms with E-state index in [0.717, 1.165) is 24.3 Å². The van der Waals surface area contributed by atoms with Crippen LogP contribution in [0.15, 0.2) is 66.9 Å². The van der Waals surface area contributed by atoms with E-state index >= 15 is 0 Å². The fourth-order valence-corrected chi connectivity index (χ4v) is 4.48. The van der Waals surface area contributed by atoms with Crippen molar-refractivity contribution in [2.24, 2.45) is 0 Å². The number of Topliss-reactive ketones (excluding diaryl/α,β-unsaturated/α-hetero) is 1. The molecule has 1 saturated heterocycles. The third-order valence-corrected chi connectivity index (χ3v) is 6.19. The minimum atomic E-state index is 0.0441. The highest BCUT2D eigenvalue weighted by Crippen LogP contribution is 2.33. The lowest BCUT2D eigenvalue weighted by Crippen LogP contribution is -2.29. The van der Waals surface area contributed by atoms with Gasteiger partial charge in [-0.05, 0) is 74.1 Å². The second-order valence-electron chi connectivity index (χ2n) is 8.36. The first-order valence-electron chi connectivity index (χ1n) is 11.0. The number of aryl methyl sites for hydroxylation is 2. The minimum absolute atomic E-state index is 0.0441. The van der Waals surface area contributed by atoms with Gasteiger partial charge in [0.1, 0.15) is 0 Å². The third-order valence-electron chi connectivity index (χ3n) is 6.19. The van der Waals surface area contributed by atoms with Crippen LogP contribution in [0.2, 0.25) is 0 Å². The molecule has 2 heterocycles. The number of carbonyl (C=O) groups excluding carboxylic acids is 1. The van der Waals surface area contributed by atoms with Crippen molar-refractivity contribution in [3.05, 3.63) is 94.8 Å². The average Bonchev–Trinajstić information content (AvgIpc) is 2.79. The second-order valence-corrected chi connectivity index (χ2v) is 8.36. The lowest BCUT2D eigenvalue weighted by Gasteiger charge is -2.29. The first-order valence-corrected chi connectivity index (χ1v) is 11.0.